The zero-order chi connectivity index (χ0) is 32.7. The topological polar surface area (TPSA) is 103 Å². The van der Waals surface area contributed by atoms with Crippen molar-refractivity contribution in [1.82, 2.24) is 14.7 Å². The lowest BCUT2D eigenvalue weighted by Gasteiger charge is -2.35. The summed E-state index contributed by atoms with van der Waals surface area (Å²) < 4.78 is 38.9. The summed E-state index contributed by atoms with van der Waals surface area (Å²) in [6.07, 6.45) is 7.20. The summed E-state index contributed by atoms with van der Waals surface area (Å²) in [5.41, 5.74) is 0.764. The van der Waals surface area contributed by atoms with Crippen molar-refractivity contribution in [2.24, 2.45) is 11.8 Å². The first-order valence-electron chi connectivity index (χ1n) is 15.4. The van der Waals surface area contributed by atoms with Crippen molar-refractivity contribution in [3.05, 3.63) is 47.3 Å². The van der Waals surface area contributed by atoms with Gasteiger partial charge in [0.1, 0.15) is 18.1 Å². The van der Waals surface area contributed by atoms with Crippen LogP contribution in [-0.4, -0.2) is 96.1 Å². The summed E-state index contributed by atoms with van der Waals surface area (Å²) in [6, 6.07) is 5.45. The smallest absolute Gasteiger partial charge is 0.410 e. The van der Waals surface area contributed by atoms with Crippen molar-refractivity contribution >= 4 is 29.9 Å². The maximum Gasteiger partial charge on any atom is 0.410 e. The van der Waals surface area contributed by atoms with E-state index in [0.29, 0.717) is 31.5 Å². The van der Waals surface area contributed by atoms with E-state index in [-0.39, 0.29) is 42.8 Å². The Balaban J connectivity index is 1.60. The number of nitrogens with zero attached hydrogens (tertiary/aromatic N) is 4. The van der Waals surface area contributed by atoms with Gasteiger partial charge in [0, 0.05) is 50.7 Å². The Kier molecular flexibility index (Phi) is 11.2. The first-order chi connectivity index (χ1) is 21.4. The quantitative estimate of drug-likeness (QED) is 0.292. The number of urea groups is 1. The van der Waals surface area contributed by atoms with Crippen molar-refractivity contribution in [1.29, 1.82) is 0 Å². The van der Waals surface area contributed by atoms with Crippen LogP contribution in [0.4, 0.5) is 24.1 Å². The van der Waals surface area contributed by atoms with Gasteiger partial charge < -0.3 is 24.4 Å². The van der Waals surface area contributed by atoms with Crippen molar-refractivity contribution in [2.45, 2.75) is 58.3 Å². The van der Waals surface area contributed by atoms with Gasteiger partial charge in [0.15, 0.2) is 0 Å². The lowest BCUT2D eigenvalue weighted by Crippen LogP contribution is -2.48. The molecule has 3 amide bonds. The van der Waals surface area contributed by atoms with E-state index in [1.54, 1.807) is 37.0 Å². The van der Waals surface area contributed by atoms with Gasteiger partial charge in [-0.1, -0.05) is 26.3 Å². The Morgan fingerprint density at radius 3 is 2.53 bits per heavy atom. The molecule has 2 saturated heterocycles. The molecule has 0 radical (unpaired) electrons. The number of ether oxygens (including phenoxy) is 2. The molecule has 3 heterocycles. The number of hydrogen-bond acceptors (Lipinski definition) is 7. The first-order valence-corrected chi connectivity index (χ1v) is 15.4. The number of rotatable bonds is 4. The number of benzene rings is 1. The molecule has 0 spiro atoms. The fourth-order valence-corrected chi connectivity index (χ4v) is 5.71. The van der Waals surface area contributed by atoms with Crippen molar-refractivity contribution < 1.29 is 37.7 Å². The number of piperazine rings is 1. The summed E-state index contributed by atoms with van der Waals surface area (Å²) in [5, 5.41) is 11.9. The van der Waals surface area contributed by atoms with E-state index in [4.69, 9.17) is 9.47 Å². The molecule has 12 heteroatoms. The molecule has 0 saturated carbocycles. The fraction of sp³-hybridized carbons (Fsp3) is 0.545. The van der Waals surface area contributed by atoms with Crippen LogP contribution in [-0.2, 0) is 14.3 Å². The van der Waals surface area contributed by atoms with Crippen molar-refractivity contribution in [3.8, 4) is 12.2 Å². The Morgan fingerprint density at radius 2 is 1.82 bits per heavy atom. The largest absolute Gasteiger partial charge is 0.442 e. The number of anilines is 1. The van der Waals surface area contributed by atoms with Gasteiger partial charge in [0.25, 0.3) is 0 Å². The van der Waals surface area contributed by atoms with Crippen LogP contribution < -0.4 is 4.90 Å². The van der Waals surface area contributed by atoms with E-state index < -0.39 is 35.6 Å². The lowest BCUT2D eigenvalue weighted by molar-refractivity contribution is -0.205. The average molecular weight is 629 g/mol. The summed E-state index contributed by atoms with van der Waals surface area (Å²) in [7, 11) is 2.01. The Morgan fingerprint density at radius 1 is 1.09 bits per heavy atom. The Labute approximate surface area is 263 Å². The van der Waals surface area contributed by atoms with Crippen molar-refractivity contribution in [3.63, 3.8) is 0 Å². The van der Waals surface area contributed by atoms with E-state index in [0.717, 1.165) is 24.4 Å². The van der Waals surface area contributed by atoms with Crippen LogP contribution in [0.5, 0.6) is 0 Å². The van der Waals surface area contributed by atoms with E-state index >= 15 is 0 Å². The molecule has 0 aromatic heterocycles. The SMILES string of the molecule is C/C(=C\c1cc(F)cc(N2CCN(C#CF)C2=O)c1)[C@@]1(O)OC(=O)CCCC[C@H](C)[C@@H](OC(=O)N2CCN(C)CC2)/C=C/[C@@H]1C. The maximum absolute atomic E-state index is 14.7. The number of halogens is 2. The fourth-order valence-electron chi connectivity index (χ4n) is 5.71. The molecular weight excluding hydrogens is 586 g/mol. The molecule has 1 aromatic carbocycles. The molecule has 1 N–H and O–H groups in total. The van der Waals surface area contributed by atoms with Crippen LogP contribution >= 0.6 is 0 Å². The molecule has 0 unspecified atom stereocenters. The minimum Gasteiger partial charge on any atom is -0.442 e. The summed E-state index contributed by atoms with van der Waals surface area (Å²) >= 11 is 0. The minimum atomic E-state index is -2.11. The molecule has 4 rings (SSSR count). The predicted octanol–water partition coefficient (Wildman–Crippen LogP) is 4.75. The minimum absolute atomic E-state index is 0.0316. The van der Waals surface area contributed by atoms with Crippen molar-refractivity contribution in [2.75, 3.05) is 51.2 Å². The number of cyclic esters (lactones) is 1. The second kappa shape index (κ2) is 14.9. The average Bonchev–Trinajstić information content (AvgIpc) is 3.36. The molecule has 244 valence electrons. The standard InChI is InChI=1S/C33H42F2N4O6/c1-23-7-5-6-8-30(40)45-33(43,24(2)9-10-29(23)44-32(42)38-15-13-36(4)14-16-38)25(3)19-26-20-27(35)22-28(21-26)39-18-17-37(12-11-34)31(39)41/h9-10,19-24,29,43H,5-8,13-18H2,1-4H3/b10-9+,25-19+/t23-,24-,29-,33-/m0/s1. The van der Waals surface area contributed by atoms with Crippen LogP contribution in [0.25, 0.3) is 6.08 Å². The normalized spacial score (nSPS) is 28.0. The van der Waals surface area contributed by atoms with E-state index in [2.05, 4.69) is 10.9 Å². The Hall–Kier alpha value is -3.95. The van der Waals surface area contributed by atoms with Gasteiger partial charge in [-0.2, -0.15) is 0 Å². The second-order valence-corrected chi connectivity index (χ2v) is 12.1. The first kappa shape index (κ1) is 33.9. The monoisotopic (exact) mass is 628 g/mol. The number of likely N-dealkylation sites (N-methyl/N-ethyl adjacent to an activating group) is 1. The second-order valence-electron chi connectivity index (χ2n) is 12.1. The van der Waals surface area contributed by atoms with Gasteiger partial charge in [-0.15, -0.1) is 4.39 Å². The van der Waals surface area contributed by atoms with Crippen LogP contribution in [0.3, 0.4) is 0 Å². The number of esters is 1. The number of carbonyl (C=O) groups excluding carboxylic acids is 3. The molecule has 0 aliphatic carbocycles. The summed E-state index contributed by atoms with van der Waals surface area (Å²) in [5.74, 6) is -4.13. The van der Waals surface area contributed by atoms with E-state index in [9.17, 15) is 28.3 Å². The summed E-state index contributed by atoms with van der Waals surface area (Å²) in [4.78, 5) is 44.6. The number of aliphatic hydroxyl groups is 1. The number of amides is 3. The highest BCUT2D eigenvalue weighted by Crippen LogP contribution is 2.33. The molecule has 10 nitrogen and oxygen atoms in total. The third-order valence-electron chi connectivity index (χ3n) is 8.68. The molecule has 4 atom stereocenters. The zero-order valence-corrected chi connectivity index (χ0v) is 26.3. The van der Waals surface area contributed by atoms with Gasteiger partial charge in [-0.05, 0) is 74.2 Å². The third kappa shape index (κ3) is 8.41. The Bertz CT molecular complexity index is 1380. The highest BCUT2D eigenvalue weighted by Gasteiger charge is 2.39. The number of carbonyl (C=O) groups is 3. The molecular formula is C33H42F2N4O6. The highest BCUT2D eigenvalue weighted by molar-refractivity contribution is 5.95. The van der Waals surface area contributed by atoms with Gasteiger partial charge in [-0.3, -0.25) is 9.69 Å². The maximum atomic E-state index is 14.7. The zero-order valence-electron chi connectivity index (χ0n) is 26.3. The van der Waals surface area contributed by atoms with Gasteiger partial charge >= 0.3 is 18.1 Å². The molecule has 3 aliphatic rings. The van der Waals surface area contributed by atoms with Gasteiger partial charge in [0.05, 0.1) is 12.6 Å². The predicted molar refractivity (Wildman–Crippen MR) is 165 cm³/mol. The van der Waals surface area contributed by atoms with Crippen LogP contribution in [0, 0.1) is 29.9 Å². The third-order valence-corrected chi connectivity index (χ3v) is 8.68. The molecule has 1 aromatic rings. The van der Waals surface area contributed by atoms with Gasteiger partial charge in [0.2, 0.25) is 5.79 Å². The van der Waals surface area contributed by atoms with Crippen LogP contribution in [0.15, 0.2) is 35.9 Å². The molecule has 0 bridgehead atoms. The molecule has 45 heavy (non-hydrogen) atoms. The van der Waals surface area contributed by atoms with E-state index in [1.807, 2.05) is 14.0 Å². The van der Waals surface area contributed by atoms with E-state index in [1.165, 1.54) is 29.3 Å². The summed E-state index contributed by atoms with van der Waals surface area (Å²) in [6.45, 7) is 8.26. The van der Waals surface area contributed by atoms with Crippen LogP contribution in [0.1, 0.15) is 52.0 Å². The van der Waals surface area contributed by atoms with Crippen LogP contribution in [0.2, 0.25) is 0 Å². The lowest BCUT2D eigenvalue weighted by atomic mass is 9.89. The van der Waals surface area contributed by atoms with Gasteiger partial charge in [-0.25, -0.2) is 18.9 Å². The highest BCUT2D eigenvalue weighted by atomic mass is 19.1. The molecule has 3 aliphatic heterocycles. The molecule has 2 fully saturated rings. The number of hydrogen-bond donors (Lipinski definition) is 1.